The van der Waals surface area contributed by atoms with E-state index in [2.05, 4.69) is 20.8 Å². The first-order valence-corrected chi connectivity index (χ1v) is 6.55. The van der Waals surface area contributed by atoms with Crippen LogP contribution in [0, 0.1) is 6.92 Å². The number of carbonyl (C=O) groups excluding carboxylic acids is 1. The van der Waals surface area contributed by atoms with Crippen LogP contribution in [0.2, 0.25) is 0 Å². The normalized spacial score (nSPS) is 11.4. The molecule has 0 unspecified atom stereocenters. The van der Waals surface area contributed by atoms with E-state index in [1.165, 1.54) is 5.56 Å². The van der Waals surface area contributed by atoms with Gasteiger partial charge in [-0.2, -0.15) is 5.10 Å². The minimum Gasteiger partial charge on any atom is -0.444 e. The largest absolute Gasteiger partial charge is 0.444 e. The molecule has 6 nitrogen and oxygen atoms in total. The predicted molar refractivity (Wildman–Crippen MR) is 73.9 cm³/mol. The molecule has 1 heterocycles. The van der Waals surface area contributed by atoms with Crippen LogP contribution in [-0.2, 0) is 11.3 Å². The van der Waals surface area contributed by atoms with Gasteiger partial charge in [0.2, 0.25) is 0 Å². The lowest BCUT2D eigenvalue weighted by Gasteiger charge is -2.19. The second kappa shape index (κ2) is 7.13. The predicted octanol–water partition coefficient (Wildman–Crippen LogP) is 1.72. The number of nitrogens with zero attached hydrogens (tertiary/aromatic N) is 1. The third-order valence-electron chi connectivity index (χ3n) is 2.45. The summed E-state index contributed by atoms with van der Waals surface area (Å²) in [6.45, 7) is 9.76. The summed E-state index contributed by atoms with van der Waals surface area (Å²) >= 11 is 0. The highest BCUT2D eigenvalue weighted by Gasteiger charge is 2.15. The van der Waals surface area contributed by atoms with Gasteiger partial charge in [0.15, 0.2) is 0 Å². The van der Waals surface area contributed by atoms with Gasteiger partial charge in [0.25, 0.3) is 0 Å². The van der Waals surface area contributed by atoms with Crippen LogP contribution < -0.4 is 10.6 Å². The topological polar surface area (TPSA) is 79.0 Å². The molecule has 0 bridgehead atoms. The Morgan fingerprint density at radius 1 is 1.42 bits per heavy atom. The van der Waals surface area contributed by atoms with Crippen LogP contribution in [0.25, 0.3) is 0 Å². The summed E-state index contributed by atoms with van der Waals surface area (Å²) in [5.41, 5.74) is 1.81. The molecule has 0 aliphatic heterocycles. The average Bonchev–Trinajstić information content (AvgIpc) is 2.67. The summed E-state index contributed by atoms with van der Waals surface area (Å²) in [5, 5.41) is 12.9. The fraction of sp³-hybridized carbons (Fsp3) is 0.692. The number of aryl methyl sites for hydroxylation is 1. The van der Waals surface area contributed by atoms with E-state index in [-0.39, 0.29) is 6.09 Å². The molecule has 1 aromatic rings. The van der Waals surface area contributed by atoms with Crippen molar-refractivity contribution in [2.24, 2.45) is 0 Å². The van der Waals surface area contributed by atoms with E-state index >= 15 is 0 Å². The van der Waals surface area contributed by atoms with Crippen molar-refractivity contribution in [3.8, 4) is 0 Å². The molecule has 108 valence electrons. The second-order valence-corrected chi connectivity index (χ2v) is 5.48. The molecule has 0 saturated heterocycles. The van der Waals surface area contributed by atoms with Gasteiger partial charge < -0.3 is 15.4 Å². The second-order valence-electron chi connectivity index (χ2n) is 5.48. The third-order valence-corrected chi connectivity index (χ3v) is 2.45. The lowest BCUT2D eigenvalue weighted by Crippen LogP contribution is -2.33. The van der Waals surface area contributed by atoms with Crippen molar-refractivity contribution in [1.82, 2.24) is 20.8 Å². The number of alkyl carbamates (subject to hydrolysis) is 1. The SMILES string of the molecule is Cc1[nH]ncc1CNCCCNC(=O)OC(C)(C)C. The van der Waals surface area contributed by atoms with Gasteiger partial charge in [0.1, 0.15) is 5.60 Å². The Labute approximate surface area is 114 Å². The minimum absolute atomic E-state index is 0.363. The van der Waals surface area contributed by atoms with Crippen LogP contribution in [0.4, 0.5) is 4.79 Å². The van der Waals surface area contributed by atoms with Gasteiger partial charge in [0.05, 0.1) is 6.20 Å². The Balaban J connectivity index is 2.03. The van der Waals surface area contributed by atoms with E-state index in [1.807, 2.05) is 33.9 Å². The number of H-pyrrole nitrogens is 1. The maximum Gasteiger partial charge on any atom is 0.407 e. The zero-order valence-electron chi connectivity index (χ0n) is 12.2. The molecule has 0 aliphatic carbocycles. The standard InChI is InChI=1S/C13H24N4O2/c1-10-11(9-16-17-10)8-14-6-5-7-15-12(18)19-13(2,3)4/h9,14H,5-8H2,1-4H3,(H,15,18)(H,16,17). The first-order chi connectivity index (χ1) is 8.88. The Hall–Kier alpha value is -1.56. The number of hydrogen-bond donors (Lipinski definition) is 3. The van der Waals surface area contributed by atoms with Gasteiger partial charge in [-0.25, -0.2) is 4.79 Å². The maximum absolute atomic E-state index is 11.4. The number of aromatic amines is 1. The molecule has 19 heavy (non-hydrogen) atoms. The van der Waals surface area contributed by atoms with Crippen molar-refractivity contribution in [2.45, 2.75) is 46.3 Å². The van der Waals surface area contributed by atoms with E-state index in [9.17, 15) is 4.79 Å². The van der Waals surface area contributed by atoms with E-state index in [0.717, 1.165) is 25.2 Å². The minimum atomic E-state index is -0.443. The summed E-state index contributed by atoms with van der Waals surface area (Å²) in [6.07, 6.45) is 2.32. The summed E-state index contributed by atoms with van der Waals surface area (Å²) in [4.78, 5) is 11.4. The highest BCUT2D eigenvalue weighted by atomic mass is 16.6. The average molecular weight is 268 g/mol. The fourth-order valence-electron chi connectivity index (χ4n) is 1.49. The van der Waals surface area contributed by atoms with Crippen molar-refractivity contribution >= 4 is 6.09 Å². The smallest absolute Gasteiger partial charge is 0.407 e. The molecule has 0 saturated carbocycles. The van der Waals surface area contributed by atoms with Crippen molar-refractivity contribution in [2.75, 3.05) is 13.1 Å². The molecule has 1 amide bonds. The number of rotatable bonds is 6. The van der Waals surface area contributed by atoms with Gasteiger partial charge >= 0.3 is 6.09 Å². The quantitative estimate of drug-likeness (QED) is 0.686. The number of carbonyl (C=O) groups is 1. The number of aromatic nitrogens is 2. The molecule has 3 N–H and O–H groups in total. The number of nitrogens with one attached hydrogen (secondary N) is 3. The Morgan fingerprint density at radius 3 is 2.74 bits per heavy atom. The van der Waals surface area contributed by atoms with E-state index in [0.29, 0.717) is 6.54 Å². The number of amides is 1. The number of ether oxygens (including phenoxy) is 1. The van der Waals surface area contributed by atoms with Crippen LogP contribution >= 0.6 is 0 Å². The fourth-order valence-corrected chi connectivity index (χ4v) is 1.49. The van der Waals surface area contributed by atoms with Crippen LogP contribution in [0.1, 0.15) is 38.4 Å². The van der Waals surface area contributed by atoms with Crippen molar-refractivity contribution < 1.29 is 9.53 Å². The molecule has 0 aromatic carbocycles. The molecule has 0 aliphatic rings. The van der Waals surface area contributed by atoms with Crippen LogP contribution in [-0.4, -0.2) is 35.0 Å². The number of hydrogen-bond acceptors (Lipinski definition) is 4. The molecule has 0 radical (unpaired) electrons. The molecule has 1 aromatic heterocycles. The molecule has 0 atom stereocenters. The third kappa shape index (κ3) is 6.81. The molecule has 6 heteroatoms. The lowest BCUT2D eigenvalue weighted by atomic mass is 10.2. The van der Waals surface area contributed by atoms with E-state index in [1.54, 1.807) is 0 Å². The summed E-state index contributed by atoms with van der Waals surface area (Å²) in [6, 6.07) is 0. The molecule has 1 rings (SSSR count). The molecular weight excluding hydrogens is 244 g/mol. The van der Waals surface area contributed by atoms with Crippen molar-refractivity contribution in [3.05, 3.63) is 17.5 Å². The van der Waals surface area contributed by atoms with Gasteiger partial charge in [-0.05, 0) is 40.7 Å². The summed E-state index contributed by atoms with van der Waals surface area (Å²) in [7, 11) is 0. The van der Waals surface area contributed by atoms with Crippen LogP contribution in [0.5, 0.6) is 0 Å². The molecule has 0 fully saturated rings. The van der Waals surface area contributed by atoms with E-state index < -0.39 is 5.60 Å². The Bertz CT molecular complexity index is 396. The van der Waals surface area contributed by atoms with E-state index in [4.69, 9.17) is 4.74 Å². The first-order valence-electron chi connectivity index (χ1n) is 6.55. The zero-order chi connectivity index (χ0) is 14.3. The Morgan fingerprint density at radius 2 is 2.16 bits per heavy atom. The maximum atomic E-state index is 11.4. The molecule has 0 spiro atoms. The van der Waals surface area contributed by atoms with Crippen LogP contribution in [0.15, 0.2) is 6.20 Å². The monoisotopic (exact) mass is 268 g/mol. The Kier molecular flexibility index (Phi) is 5.82. The van der Waals surface area contributed by atoms with Gasteiger partial charge in [-0.1, -0.05) is 0 Å². The first kappa shape index (κ1) is 15.5. The van der Waals surface area contributed by atoms with Crippen LogP contribution in [0.3, 0.4) is 0 Å². The highest BCUT2D eigenvalue weighted by molar-refractivity contribution is 5.67. The summed E-state index contributed by atoms with van der Waals surface area (Å²) < 4.78 is 5.14. The zero-order valence-corrected chi connectivity index (χ0v) is 12.2. The van der Waals surface area contributed by atoms with Gasteiger partial charge in [-0.15, -0.1) is 0 Å². The van der Waals surface area contributed by atoms with Crippen molar-refractivity contribution in [3.63, 3.8) is 0 Å². The van der Waals surface area contributed by atoms with Gasteiger partial charge in [0, 0.05) is 24.3 Å². The summed E-state index contributed by atoms with van der Waals surface area (Å²) in [5.74, 6) is 0. The molecular formula is C13H24N4O2. The highest BCUT2D eigenvalue weighted by Crippen LogP contribution is 2.06. The van der Waals surface area contributed by atoms with Crippen molar-refractivity contribution in [1.29, 1.82) is 0 Å². The van der Waals surface area contributed by atoms with Gasteiger partial charge in [-0.3, -0.25) is 5.10 Å². The lowest BCUT2D eigenvalue weighted by molar-refractivity contribution is 0.0527.